The van der Waals surface area contributed by atoms with Crippen molar-refractivity contribution in [1.82, 2.24) is 25.9 Å². The minimum absolute atomic E-state index is 0.194. The van der Waals surface area contributed by atoms with E-state index in [0.717, 1.165) is 6.92 Å². The lowest BCUT2D eigenvalue weighted by atomic mass is 10.1. The summed E-state index contributed by atoms with van der Waals surface area (Å²) in [5.41, 5.74) is 5.78. The van der Waals surface area contributed by atoms with E-state index < -0.39 is 78.7 Å². The number of aromatic amines is 1. The molecule has 1 heterocycles. The molecule has 34 heavy (non-hydrogen) atoms. The Labute approximate surface area is 191 Å². The number of H-pyrrole nitrogens is 1. The maximum Gasteiger partial charge on any atom is 0.326 e. The van der Waals surface area contributed by atoms with E-state index in [9.17, 15) is 39.0 Å². The molecule has 0 fully saturated rings. The zero-order chi connectivity index (χ0) is 26.0. The summed E-state index contributed by atoms with van der Waals surface area (Å²) in [7, 11) is 0. The molecule has 0 saturated heterocycles. The predicted molar refractivity (Wildman–Crippen MR) is 110 cm³/mol. The van der Waals surface area contributed by atoms with Crippen LogP contribution in [0.2, 0.25) is 0 Å². The molecule has 10 N–H and O–H groups in total. The first-order valence-corrected chi connectivity index (χ1v) is 9.80. The molecule has 0 aliphatic carbocycles. The van der Waals surface area contributed by atoms with Gasteiger partial charge in [-0.2, -0.15) is 0 Å². The maximum absolute atomic E-state index is 12.6. The molecule has 16 heteroatoms. The smallest absolute Gasteiger partial charge is 0.326 e. The first-order valence-electron chi connectivity index (χ1n) is 9.80. The molecule has 5 atom stereocenters. The number of carboxylic acids is 3. The van der Waals surface area contributed by atoms with E-state index in [1.165, 1.54) is 12.5 Å². The fourth-order valence-corrected chi connectivity index (χ4v) is 2.68. The van der Waals surface area contributed by atoms with Crippen molar-refractivity contribution >= 4 is 35.6 Å². The number of nitrogens with zero attached hydrogens (tertiary/aromatic N) is 1. The SMILES string of the molecule is CC(O)C(NC(=O)C(CC(=O)O)NC(=O)C(N)CC(=O)O)C(=O)NC(Cc1cnc[nH]1)C(=O)O. The summed E-state index contributed by atoms with van der Waals surface area (Å²) in [6.45, 7) is 1.11. The number of carbonyl (C=O) groups is 6. The summed E-state index contributed by atoms with van der Waals surface area (Å²) in [5, 5.41) is 43.2. The molecule has 16 nitrogen and oxygen atoms in total. The number of nitrogens with two attached hydrogens (primary N) is 1. The molecule has 0 aliphatic rings. The lowest BCUT2D eigenvalue weighted by Crippen LogP contribution is -2.60. The topological polar surface area (TPSA) is 274 Å². The Morgan fingerprint density at radius 2 is 1.53 bits per heavy atom. The summed E-state index contributed by atoms with van der Waals surface area (Å²) in [5.74, 6) is -7.78. The second kappa shape index (κ2) is 12.9. The van der Waals surface area contributed by atoms with E-state index in [4.69, 9.17) is 15.9 Å². The van der Waals surface area contributed by atoms with Crippen LogP contribution in [0.1, 0.15) is 25.5 Å². The summed E-state index contributed by atoms with van der Waals surface area (Å²) in [4.78, 5) is 76.9. The highest BCUT2D eigenvalue weighted by Gasteiger charge is 2.34. The van der Waals surface area contributed by atoms with Gasteiger partial charge in [0.05, 0.1) is 31.3 Å². The Balaban J connectivity index is 2.95. The van der Waals surface area contributed by atoms with Crippen LogP contribution in [0, 0.1) is 0 Å². The van der Waals surface area contributed by atoms with Crippen LogP contribution < -0.4 is 21.7 Å². The zero-order valence-corrected chi connectivity index (χ0v) is 17.9. The van der Waals surface area contributed by atoms with Crippen molar-refractivity contribution < 1.29 is 49.2 Å². The van der Waals surface area contributed by atoms with Gasteiger partial charge >= 0.3 is 17.9 Å². The molecule has 0 radical (unpaired) electrons. The Morgan fingerprint density at radius 3 is 2.00 bits per heavy atom. The second-order valence-electron chi connectivity index (χ2n) is 7.27. The lowest BCUT2D eigenvalue weighted by Gasteiger charge is -2.26. The molecule has 5 unspecified atom stereocenters. The van der Waals surface area contributed by atoms with Gasteiger partial charge in [-0.05, 0) is 6.92 Å². The number of aliphatic hydroxyl groups is 1. The third-order valence-corrected chi connectivity index (χ3v) is 4.40. The normalized spacial score (nSPS) is 15.1. The minimum Gasteiger partial charge on any atom is -0.481 e. The van der Waals surface area contributed by atoms with Crippen LogP contribution in [0.25, 0.3) is 0 Å². The number of rotatable bonds is 14. The van der Waals surface area contributed by atoms with Gasteiger partial charge in [0.2, 0.25) is 17.7 Å². The molecule has 1 aromatic rings. The zero-order valence-electron chi connectivity index (χ0n) is 17.9. The van der Waals surface area contributed by atoms with E-state index in [0.29, 0.717) is 5.69 Å². The molecule has 1 aromatic heterocycles. The summed E-state index contributed by atoms with van der Waals surface area (Å²) in [6, 6.07) is -6.55. The van der Waals surface area contributed by atoms with E-state index in [-0.39, 0.29) is 6.42 Å². The predicted octanol–water partition coefficient (Wildman–Crippen LogP) is -3.85. The number of carbonyl (C=O) groups excluding carboxylic acids is 3. The largest absolute Gasteiger partial charge is 0.481 e. The maximum atomic E-state index is 12.6. The van der Waals surface area contributed by atoms with Gasteiger partial charge in [-0.15, -0.1) is 0 Å². The monoisotopic (exact) mass is 486 g/mol. The summed E-state index contributed by atoms with van der Waals surface area (Å²) in [6.07, 6.45) is -0.859. The highest BCUT2D eigenvalue weighted by Crippen LogP contribution is 2.03. The van der Waals surface area contributed by atoms with Gasteiger partial charge in [0, 0.05) is 18.3 Å². The van der Waals surface area contributed by atoms with Gasteiger partial charge < -0.3 is 47.1 Å². The van der Waals surface area contributed by atoms with E-state index in [1.807, 2.05) is 5.32 Å². The first kappa shape index (κ1) is 28.0. The summed E-state index contributed by atoms with van der Waals surface area (Å²) >= 11 is 0. The van der Waals surface area contributed by atoms with Crippen molar-refractivity contribution in [2.45, 2.75) is 56.5 Å². The third-order valence-electron chi connectivity index (χ3n) is 4.40. The van der Waals surface area contributed by atoms with Crippen LogP contribution in [-0.2, 0) is 35.2 Å². The van der Waals surface area contributed by atoms with Crippen molar-refractivity contribution in [2.75, 3.05) is 0 Å². The fraction of sp³-hybridized carbons (Fsp3) is 0.500. The van der Waals surface area contributed by atoms with Gasteiger partial charge in [0.15, 0.2) is 0 Å². The molecule has 0 saturated carbocycles. The number of imidazole rings is 1. The van der Waals surface area contributed by atoms with E-state index >= 15 is 0 Å². The second-order valence-corrected chi connectivity index (χ2v) is 7.27. The van der Waals surface area contributed by atoms with Crippen LogP contribution >= 0.6 is 0 Å². The van der Waals surface area contributed by atoms with Crippen LogP contribution in [0.15, 0.2) is 12.5 Å². The summed E-state index contributed by atoms with van der Waals surface area (Å²) < 4.78 is 0. The van der Waals surface area contributed by atoms with Gasteiger partial charge in [-0.3, -0.25) is 24.0 Å². The van der Waals surface area contributed by atoms with Gasteiger partial charge in [0.1, 0.15) is 18.1 Å². The van der Waals surface area contributed by atoms with Gasteiger partial charge in [-0.1, -0.05) is 0 Å². The number of carboxylic acid groups (broad SMARTS) is 3. The van der Waals surface area contributed by atoms with Crippen LogP contribution in [0.4, 0.5) is 0 Å². The highest BCUT2D eigenvalue weighted by atomic mass is 16.4. The van der Waals surface area contributed by atoms with Crippen molar-refractivity contribution in [2.24, 2.45) is 5.73 Å². The Bertz CT molecular complexity index is 903. The van der Waals surface area contributed by atoms with Gasteiger partial charge in [-0.25, -0.2) is 9.78 Å². The average Bonchev–Trinajstić information content (AvgIpc) is 3.22. The average molecular weight is 486 g/mol. The number of amides is 3. The molecule has 3 amide bonds. The van der Waals surface area contributed by atoms with Crippen LogP contribution in [0.3, 0.4) is 0 Å². The molecule has 188 valence electrons. The van der Waals surface area contributed by atoms with Crippen molar-refractivity contribution in [3.63, 3.8) is 0 Å². The van der Waals surface area contributed by atoms with Gasteiger partial charge in [0.25, 0.3) is 0 Å². The number of hydrogen-bond donors (Lipinski definition) is 9. The lowest BCUT2D eigenvalue weighted by molar-refractivity contribution is -0.144. The minimum atomic E-state index is -1.78. The Morgan fingerprint density at radius 1 is 0.941 bits per heavy atom. The highest BCUT2D eigenvalue weighted by molar-refractivity contribution is 5.96. The molecule has 0 aromatic carbocycles. The first-order chi connectivity index (χ1) is 15.8. The van der Waals surface area contributed by atoms with Crippen LogP contribution in [0.5, 0.6) is 0 Å². The number of aromatic nitrogens is 2. The van der Waals surface area contributed by atoms with Crippen molar-refractivity contribution in [3.8, 4) is 0 Å². The van der Waals surface area contributed by atoms with Crippen molar-refractivity contribution in [1.29, 1.82) is 0 Å². The quantitative estimate of drug-likeness (QED) is 0.122. The molecular weight excluding hydrogens is 460 g/mol. The van der Waals surface area contributed by atoms with Crippen molar-refractivity contribution in [3.05, 3.63) is 18.2 Å². The number of aliphatic carboxylic acids is 3. The third kappa shape index (κ3) is 9.21. The molecule has 0 bridgehead atoms. The Hall–Kier alpha value is -4.05. The van der Waals surface area contributed by atoms with E-state index in [2.05, 4.69) is 20.6 Å². The molecule has 0 aliphatic heterocycles. The fourth-order valence-electron chi connectivity index (χ4n) is 2.68. The Kier molecular flexibility index (Phi) is 10.6. The standard InChI is InChI=1S/C18H26N6O10/c1-7(25)14(17(32)23-11(18(33)34)2-8-5-20-6-21-8)24-16(31)10(4-13(28)29)22-15(30)9(19)3-12(26)27/h5-7,9-11,14,25H,2-4,19H2,1H3,(H,20,21)(H,22,30)(H,23,32)(H,24,31)(H,26,27)(H,28,29)(H,33,34). The molecular formula is C18H26N6O10. The number of aliphatic hydroxyl groups excluding tert-OH is 1. The van der Waals surface area contributed by atoms with E-state index in [1.54, 1.807) is 0 Å². The van der Waals surface area contributed by atoms with Crippen LogP contribution in [-0.4, -0.2) is 96.3 Å². The molecule has 0 spiro atoms. The number of hydrogen-bond acceptors (Lipinski definition) is 9. The molecule has 1 rings (SSSR count). The number of nitrogens with one attached hydrogen (secondary N) is 4.